The van der Waals surface area contributed by atoms with Gasteiger partial charge in [0.25, 0.3) is 0 Å². The van der Waals surface area contributed by atoms with Crippen LogP contribution >= 0.6 is 12.2 Å². The van der Waals surface area contributed by atoms with Gasteiger partial charge in [0.1, 0.15) is 10.8 Å². The van der Waals surface area contributed by atoms with E-state index in [9.17, 15) is 0 Å². The molecular formula is C11H18N4S. The Balaban J connectivity index is 2.48. The molecule has 0 bridgehead atoms. The molecule has 4 nitrogen and oxygen atoms in total. The largest absolute Gasteiger partial charge is 0.389 e. The van der Waals surface area contributed by atoms with Crippen LogP contribution in [0.4, 0.5) is 5.82 Å². The van der Waals surface area contributed by atoms with E-state index in [0.717, 1.165) is 23.6 Å². The van der Waals surface area contributed by atoms with Crippen molar-refractivity contribution in [2.75, 3.05) is 11.4 Å². The van der Waals surface area contributed by atoms with E-state index in [2.05, 4.69) is 16.9 Å². The normalized spacial score (nSPS) is 15.2. The number of rotatable bonds is 4. The van der Waals surface area contributed by atoms with Gasteiger partial charge in [0.15, 0.2) is 0 Å². The molecule has 1 aromatic heterocycles. The number of anilines is 1. The maximum Gasteiger partial charge on any atom is 0.137 e. The zero-order valence-electron chi connectivity index (χ0n) is 10.0. The van der Waals surface area contributed by atoms with Crippen LogP contribution < -0.4 is 10.6 Å². The van der Waals surface area contributed by atoms with Crippen LogP contribution in [0, 0.1) is 6.92 Å². The summed E-state index contributed by atoms with van der Waals surface area (Å²) >= 11 is 5.12. The van der Waals surface area contributed by atoms with Crippen molar-refractivity contribution in [1.82, 2.24) is 9.78 Å². The lowest BCUT2D eigenvalue weighted by Crippen LogP contribution is -2.29. The molecule has 88 valence electrons. The highest BCUT2D eigenvalue weighted by Crippen LogP contribution is 2.34. The third kappa shape index (κ3) is 1.80. The molecular weight excluding hydrogens is 220 g/mol. The van der Waals surface area contributed by atoms with Crippen molar-refractivity contribution in [2.24, 2.45) is 12.8 Å². The first-order chi connectivity index (χ1) is 7.56. The predicted molar refractivity (Wildman–Crippen MR) is 69.9 cm³/mol. The van der Waals surface area contributed by atoms with Crippen molar-refractivity contribution in [3.63, 3.8) is 0 Å². The predicted octanol–water partition coefficient (Wildman–Crippen LogP) is 1.35. The Morgan fingerprint density at radius 2 is 2.25 bits per heavy atom. The Morgan fingerprint density at radius 1 is 1.62 bits per heavy atom. The van der Waals surface area contributed by atoms with Gasteiger partial charge < -0.3 is 10.6 Å². The first kappa shape index (κ1) is 11.4. The van der Waals surface area contributed by atoms with E-state index in [1.807, 2.05) is 18.7 Å². The van der Waals surface area contributed by atoms with Gasteiger partial charge in [-0.25, -0.2) is 0 Å². The molecule has 0 spiro atoms. The fraction of sp³-hybridized carbons (Fsp3) is 0.636. The minimum Gasteiger partial charge on any atom is -0.389 e. The number of aryl methyl sites for hydroxylation is 2. The third-order valence-corrected chi connectivity index (χ3v) is 3.24. The molecule has 0 unspecified atom stereocenters. The highest BCUT2D eigenvalue weighted by Gasteiger charge is 2.32. The van der Waals surface area contributed by atoms with Crippen LogP contribution in [0.15, 0.2) is 0 Å². The molecule has 0 radical (unpaired) electrons. The van der Waals surface area contributed by atoms with Crippen LogP contribution in [-0.4, -0.2) is 27.4 Å². The summed E-state index contributed by atoms with van der Waals surface area (Å²) in [5, 5.41) is 4.42. The van der Waals surface area contributed by atoms with Crippen molar-refractivity contribution in [1.29, 1.82) is 0 Å². The summed E-state index contributed by atoms with van der Waals surface area (Å²) in [6.07, 6.45) is 2.52. The first-order valence-electron chi connectivity index (χ1n) is 5.66. The van der Waals surface area contributed by atoms with E-state index in [1.54, 1.807) is 0 Å². The van der Waals surface area contributed by atoms with Gasteiger partial charge in [-0.05, 0) is 26.7 Å². The minimum absolute atomic E-state index is 0.444. The van der Waals surface area contributed by atoms with E-state index in [0.29, 0.717) is 11.0 Å². The van der Waals surface area contributed by atoms with Crippen LogP contribution in [0.25, 0.3) is 0 Å². The lowest BCUT2D eigenvalue weighted by molar-refractivity contribution is 0.703. The number of nitrogens with zero attached hydrogens (tertiary/aromatic N) is 3. The second-order valence-electron chi connectivity index (χ2n) is 4.29. The minimum atomic E-state index is 0.444. The lowest BCUT2D eigenvalue weighted by Gasteiger charge is -2.23. The monoisotopic (exact) mass is 238 g/mol. The molecule has 0 saturated heterocycles. The Labute approximate surface area is 101 Å². The summed E-state index contributed by atoms with van der Waals surface area (Å²) in [5.41, 5.74) is 7.65. The molecule has 1 aromatic rings. The molecule has 16 heavy (non-hydrogen) atoms. The number of aromatic nitrogens is 2. The smallest absolute Gasteiger partial charge is 0.137 e. The molecule has 0 atom stereocenters. The average Bonchev–Trinajstić information content (AvgIpc) is 2.96. The molecule has 0 amide bonds. The molecule has 1 aliphatic rings. The number of nitrogens with two attached hydrogens (primary N) is 1. The molecule has 0 aromatic carbocycles. The van der Waals surface area contributed by atoms with Crippen LogP contribution in [0.3, 0.4) is 0 Å². The summed E-state index contributed by atoms with van der Waals surface area (Å²) in [6.45, 7) is 5.09. The van der Waals surface area contributed by atoms with Gasteiger partial charge in [-0.3, -0.25) is 4.68 Å². The van der Waals surface area contributed by atoms with E-state index >= 15 is 0 Å². The molecule has 1 fully saturated rings. The van der Waals surface area contributed by atoms with E-state index in [1.165, 1.54) is 12.8 Å². The lowest BCUT2D eigenvalue weighted by atomic mass is 10.2. The fourth-order valence-electron chi connectivity index (χ4n) is 2.23. The van der Waals surface area contributed by atoms with Gasteiger partial charge in [0.2, 0.25) is 0 Å². The maximum absolute atomic E-state index is 5.79. The standard InChI is InChI=1S/C11H18N4S/c1-4-15(8-5-6-8)11-9(10(12)16)7(2)13-14(11)3/h8H,4-6H2,1-3H3,(H2,12,16). The van der Waals surface area contributed by atoms with Crippen molar-refractivity contribution < 1.29 is 0 Å². The molecule has 1 heterocycles. The summed E-state index contributed by atoms with van der Waals surface area (Å²) in [5.74, 6) is 1.08. The highest BCUT2D eigenvalue weighted by molar-refractivity contribution is 7.80. The number of hydrogen-bond donors (Lipinski definition) is 1. The Hall–Kier alpha value is -1.10. The highest BCUT2D eigenvalue weighted by atomic mass is 32.1. The van der Waals surface area contributed by atoms with Crippen LogP contribution in [0.1, 0.15) is 31.0 Å². The summed E-state index contributed by atoms with van der Waals surface area (Å²) < 4.78 is 1.89. The van der Waals surface area contributed by atoms with Crippen molar-refractivity contribution in [2.45, 2.75) is 32.7 Å². The summed E-state index contributed by atoms with van der Waals surface area (Å²) in [4.78, 5) is 2.80. The van der Waals surface area contributed by atoms with Crippen molar-refractivity contribution in [3.05, 3.63) is 11.3 Å². The quantitative estimate of drug-likeness (QED) is 0.804. The molecule has 0 aliphatic heterocycles. The van der Waals surface area contributed by atoms with Crippen LogP contribution in [0.5, 0.6) is 0 Å². The SMILES string of the molecule is CCN(c1c(C(N)=S)c(C)nn1C)C1CC1. The zero-order valence-corrected chi connectivity index (χ0v) is 10.8. The van der Waals surface area contributed by atoms with Gasteiger partial charge in [0.05, 0.1) is 11.3 Å². The van der Waals surface area contributed by atoms with Gasteiger partial charge in [-0.2, -0.15) is 5.10 Å². The molecule has 2 N–H and O–H groups in total. The van der Waals surface area contributed by atoms with Crippen LogP contribution in [-0.2, 0) is 7.05 Å². The topological polar surface area (TPSA) is 47.1 Å². The first-order valence-corrected chi connectivity index (χ1v) is 6.07. The summed E-state index contributed by atoms with van der Waals surface area (Å²) in [7, 11) is 1.95. The number of thiocarbonyl (C=S) groups is 1. The average molecular weight is 238 g/mol. The van der Waals surface area contributed by atoms with Gasteiger partial charge in [0, 0.05) is 19.6 Å². The summed E-state index contributed by atoms with van der Waals surface area (Å²) in [6, 6.07) is 0.646. The maximum atomic E-state index is 5.79. The fourth-order valence-corrected chi connectivity index (χ4v) is 2.47. The third-order valence-electron chi connectivity index (χ3n) is 3.04. The molecule has 5 heteroatoms. The van der Waals surface area contributed by atoms with Gasteiger partial charge >= 0.3 is 0 Å². The Kier molecular flexibility index (Phi) is 2.88. The second kappa shape index (κ2) is 4.05. The zero-order chi connectivity index (χ0) is 11.9. The van der Waals surface area contributed by atoms with Crippen molar-refractivity contribution >= 4 is 23.0 Å². The molecule has 1 aliphatic carbocycles. The van der Waals surface area contributed by atoms with Crippen molar-refractivity contribution in [3.8, 4) is 0 Å². The van der Waals surface area contributed by atoms with E-state index in [4.69, 9.17) is 18.0 Å². The van der Waals surface area contributed by atoms with Gasteiger partial charge in [-0.15, -0.1) is 0 Å². The Bertz CT molecular complexity index is 420. The second-order valence-corrected chi connectivity index (χ2v) is 4.73. The molecule has 1 saturated carbocycles. The van der Waals surface area contributed by atoms with E-state index < -0.39 is 0 Å². The van der Waals surface area contributed by atoms with Gasteiger partial charge in [-0.1, -0.05) is 12.2 Å². The van der Waals surface area contributed by atoms with Crippen LogP contribution in [0.2, 0.25) is 0 Å². The number of hydrogen-bond acceptors (Lipinski definition) is 3. The molecule has 2 rings (SSSR count). The Morgan fingerprint density at radius 3 is 2.69 bits per heavy atom. The van der Waals surface area contributed by atoms with E-state index in [-0.39, 0.29) is 0 Å².